The SMILES string of the molecule is CCN(CCCO)C(=O)c1ccc2c(c1)NC(=O)C2. The lowest BCUT2D eigenvalue weighted by Gasteiger charge is -2.20. The van der Waals surface area contributed by atoms with Crippen LogP contribution in [0.1, 0.15) is 29.3 Å². The molecule has 2 amide bonds. The molecule has 102 valence electrons. The molecule has 5 heteroatoms. The number of fused-ring (bicyclic) bond motifs is 1. The van der Waals surface area contributed by atoms with Gasteiger partial charge in [0.25, 0.3) is 5.91 Å². The van der Waals surface area contributed by atoms with Crippen LogP contribution >= 0.6 is 0 Å². The molecule has 1 aromatic carbocycles. The fourth-order valence-corrected chi connectivity index (χ4v) is 2.19. The molecule has 1 heterocycles. The smallest absolute Gasteiger partial charge is 0.253 e. The number of nitrogens with zero attached hydrogens (tertiary/aromatic N) is 1. The fourth-order valence-electron chi connectivity index (χ4n) is 2.19. The number of carbonyl (C=O) groups is 2. The maximum absolute atomic E-state index is 12.3. The molecule has 0 atom stereocenters. The van der Waals surface area contributed by atoms with Crippen LogP contribution in [-0.4, -0.2) is 41.5 Å². The molecule has 0 aromatic heterocycles. The summed E-state index contributed by atoms with van der Waals surface area (Å²) in [6.45, 7) is 3.12. The van der Waals surface area contributed by atoms with Crippen molar-refractivity contribution in [2.75, 3.05) is 25.0 Å². The topological polar surface area (TPSA) is 69.6 Å². The van der Waals surface area contributed by atoms with Crippen LogP contribution in [0.2, 0.25) is 0 Å². The number of rotatable bonds is 5. The van der Waals surface area contributed by atoms with Crippen LogP contribution in [0.15, 0.2) is 18.2 Å². The third kappa shape index (κ3) is 2.93. The predicted molar refractivity (Wildman–Crippen MR) is 72.1 cm³/mol. The summed E-state index contributed by atoms with van der Waals surface area (Å²) in [4.78, 5) is 25.3. The average Bonchev–Trinajstić information content (AvgIpc) is 2.78. The van der Waals surface area contributed by atoms with Gasteiger partial charge in [0.2, 0.25) is 5.91 Å². The van der Waals surface area contributed by atoms with Crippen LogP contribution < -0.4 is 5.32 Å². The van der Waals surface area contributed by atoms with E-state index in [2.05, 4.69) is 5.32 Å². The molecule has 2 rings (SSSR count). The number of anilines is 1. The van der Waals surface area contributed by atoms with Gasteiger partial charge in [0.15, 0.2) is 0 Å². The second kappa shape index (κ2) is 5.84. The van der Waals surface area contributed by atoms with E-state index in [1.54, 1.807) is 17.0 Å². The second-order valence-electron chi connectivity index (χ2n) is 4.56. The normalized spacial score (nSPS) is 13.1. The molecule has 1 aliphatic rings. The largest absolute Gasteiger partial charge is 0.396 e. The Morgan fingerprint density at radius 3 is 2.95 bits per heavy atom. The van der Waals surface area contributed by atoms with Crippen molar-refractivity contribution in [2.24, 2.45) is 0 Å². The van der Waals surface area contributed by atoms with Crippen molar-refractivity contribution in [3.05, 3.63) is 29.3 Å². The number of aliphatic hydroxyl groups is 1. The van der Waals surface area contributed by atoms with Crippen LogP contribution in [0.5, 0.6) is 0 Å². The molecule has 0 aliphatic carbocycles. The van der Waals surface area contributed by atoms with Gasteiger partial charge in [0.05, 0.1) is 6.42 Å². The molecule has 5 nitrogen and oxygen atoms in total. The summed E-state index contributed by atoms with van der Waals surface area (Å²) in [5.74, 6) is -0.105. The molecule has 0 radical (unpaired) electrons. The zero-order chi connectivity index (χ0) is 13.8. The number of hydrogen-bond donors (Lipinski definition) is 2. The summed E-state index contributed by atoms with van der Waals surface area (Å²) in [5.41, 5.74) is 2.23. The number of hydrogen-bond acceptors (Lipinski definition) is 3. The van der Waals surface area contributed by atoms with Crippen molar-refractivity contribution < 1.29 is 14.7 Å². The molecule has 0 saturated heterocycles. The first-order valence-electron chi connectivity index (χ1n) is 6.48. The summed E-state index contributed by atoms with van der Waals surface area (Å²) in [7, 11) is 0. The van der Waals surface area contributed by atoms with Gasteiger partial charge >= 0.3 is 0 Å². The van der Waals surface area contributed by atoms with Crippen molar-refractivity contribution in [3.8, 4) is 0 Å². The van der Waals surface area contributed by atoms with Gasteiger partial charge in [-0.05, 0) is 31.0 Å². The quantitative estimate of drug-likeness (QED) is 0.832. The third-order valence-electron chi connectivity index (χ3n) is 3.24. The minimum atomic E-state index is -0.0695. The Morgan fingerprint density at radius 1 is 1.47 bits per heavy atom. The highest BCUT2D eigenvalue weighted by molar-refractivity contribution is 6.02. The van der Waals surface area contributed by atoms with Crippen molar-refractivity contribution in [1.82, 2.24) is 4.90 Å². The van der Waals surface area contributed by atoms with Crippen molar-refractivity contribution >= 4 is 17.5 Å². The standard InChI is InChI=1S/C14H18N2O3/c1-2-16(6-3-7-17)14(19)11-5-4-10-9-13(18)15-12(10)8-11/h4-5,8,17H,2-3,6-7,9H2,1H3,(H,15,18). The lowest BCUT2D eigenvalue weighted by Crippen LogP contribution is -2.32. The van der Waals surface area contributed by atoms with E-state index in [4.69, 9.17) is 5.11 Å². The highest BCUT2D eigenvalue weighted by atomic mass is 16.3. The number of carbonyl (C=O) groups excluding carboxylic acids is 2. The van der Waals surface area contributed by atoms with Crippen LogP contribution in [0.4, 0.5) is 5.69 Å². The summed E-state index contributed by atoms with van der Waals surface area (Å²) in [5, 5.41) is 11.6. The lowest BCUT2D eigenvalue weighted by molar-refractivity contribution is -0.115. The van der Waals surface area contributed by atoms with E-state index in [0.29, 0.717) is 31.5 Å². The molecule has 1 aliphatic heterocycles. The zero-order valence-electron chi connectivity index (χ0n) is 11.0. The highest BCUT2D eigenvalue weighted by Crippen LogP contribution is 2.24. The first kappa shape index (κ1) is 13.5. The molecule has 0 spiro atoms. The first-order valence-corrected chi connectivity index (χ1v) is 6.48. The Bertz CT molecular complexity index is 499. The maximum atomic E-state index is 12.3. The molecule has 0 fully saturated rings. The van der Waals surface area contributed by atoms with Crippen molar-refractivity contribution in [2.45, 2.75) is 19.8 Å². The van der Waals surface area contributed by atoms with Gasteiger partial charge in [0, 0.05) is 30.9 Å². The summed E-state index contributed by atoms with van der Waals surface area (Å²) in [6.07, 6.45) is 0.951. The van der Waals surface area contributed by atoms with Gasteiger partial charge in [-0.25, -0.2) is 0 Å². The van der Waals surface area contributed by atoms with Gasteiger partial charge in [-0.3, -0.25) is 9.59 Å². The summed E-state index contributed by atoms with van der Waals surface area (Å²) >= 11 is 0. The third-order valence-corrected chi connectivity index (χ3v) is 3.24. The zero-order valence-corrected chi connectivity index (χ0v) is 11.0. The van der Waals surface area contributed by atoms with Crippen LogP contribution in [0, 0.1) is 0 Å². The van der Waals surface area contributed by atoms with E-state index < -0.39 is 0 Å². The second-order valence-corrected chi connectivity index (χ2v) is 4.56. The molecule has 0 saturated carbocycles. The Hall–Kier alpha value is -1.88. The fraction of sp³-hybridized carbons (Fsp3) is 0.429. The summed E-state index contributed by atoms with van der Waals surface area (Å²) in [6, 6.07) is 5.30. The molecule has 2 N–H and O–H groups in total. The van der Waals surface area contributed by atoms with Gasteiger partial charge < -0.3 is 15.3 Å². The molecule has 0 unspecified atom stereocenters. The minimum absolute atomic E-state index is 0.0350. The lowest BCUT2D eigenvalue weighted by atomic mass is 10.1. The van der Waals surface area contributed by atoms with E-state index in [-0.39, 0.29) is 18.4 Å². The van der Waals surface area contributed by atoms with E-state index in [0.717, 1.165) is 11.3 Å². The number of nitrogens with one attached hydrogen (secondary N) is 1. The van der Waals surface area contributed by atoms with E-state index in [1.165, 1.54) is 0 Å². The Kier molecular flexibility index (Phi) is 4.16. The number of amides is 2. The van der Waals surface area contributed by atoms with E-state index >= 15 is 0 Å². The number of benzene rings is 1. The van der Waals surface area contributed by atoms with E-state index in [1.807, 2.05) is 13.0 Å². The minimum Gasteiger partial charge on any atom is -0.396 e. The van der Waals surface area contributed by atoms with Crippen LogP contribution in [0.25, 0.3) is 0 Å². The highest BCUT2D eigenvalue weighted by Gasteiger charge is 2.20. The van der Waals surface area contributed by atoms with E-state index in [9.17, 15) is 9.59 Å². The monoisotopic (exact) mass is 262 g/mol. The first-order chi connectivity index (χ1) is 9.15. The molecule has 19 heavy (non-hydrogen) atoms. The van der Waals surface area contributed by atoms with Crippen LogP contribution in [-0.2, 0) is 11.2 Å². The molecule has 1 aromatic rings. The van der Waals surface area contributed by atoms with Gasteiger partial charge in [0.1, 0.15) is 0 Å². The van der Waals surface area contributed by atoms with Crippen molar-refractivity contribution in [1.29, 1.82) is 0 Å². The van der Waals surface area contributed by atoms with Crippen LogP contribution in [0.3, 0.4) is 0 Å². The molecule has 0 bridgehead atoms. The maximum Gasteiger partial charge on any atom is 0.253 e. The Morgan fingerprint density at radius 2 is 2.26 bits per heavy atom. The molecular formula is C14H18N2O3. The predicted octanol–water partition coefficient (Wildman–Crippen LogP) is 1.03. The Labute approximate surface area is 112 Å². The van der Waals surface area contributed by atoms with Gasteiger partial charge in [-0.2, -0.15) is 0 Å². The average molecular weight is 262 g/mol. The summed E-state index contributed by atoms with van der Waals surface area (Å²) < 4.78 is 0. The number of aliphatic hydroxyl groups excluding tert-OH is 1. The van der Waals surface area contributed by atoms with Crippen molar-refractivity contribution in [3.63, 3.8) is 0 Å². The van der Waals surface area contributed by atoms with Gasteiger partial charge in [-0.15, -0.1) is 0 Å². The van der Waals surface area contributed by atoms with Gasteiger partial charge in [-0.1, -0.05) is 6.07 Å². The Balaban J connectivity index is 2.15. The molecular weight excluding hydrogens is 244 g/mol.